The highest BCUT2D eigenvalue weighted by Gasteiger charge is 2.13. The maximum absolute atomic E-state index is 11.7. The van der Waals surface area contributed by atoms with Crippen LogP contribution < -0.4 is 32.3 Å². The summed E-state index contributed by atoms with van der Waals surface area (Å²) >= 11 is 0. The third-order valence-corrected chi connectivity index (χ3v) is 5.28. The van der Waals surface area contributed by atoms with E-state index in [0.29, 0.717) is 44.8 Å². The van der Waals surface area contributed by atoms with Crippen molar-refractivity contribution in [1.29, 1.82) is 0 Å². The predicted octanol–water partition coefficient (Wildman–Crippen LogP) is 1.63. The van der Waals surface area contributed by atoms with E-state index in [0.717, 1.165) is 24.1 Å². The van der Waals surface area contributed by atoms with Crippen LogP contribution in [0.3, 0.4) is 0 Å². The van der Waals surface area contributed by atoms with Gasteiger partial charge < -0.3 is 46.9 Å². The molecule has 250 valence electrons. The Bertz CT molecular complexity index is 998. The molecule has 1 rings (SSSR count). The van der Waals surface area contributed by atoms with Gasteiger partial charge in [-0.25, -0.2) is 9.59 Å². The second-order valence-corrected chi connectivity index (χ2v) is 10.1. The zero-order valence-electron chi connectivity index (χ0n) is 27.6. The van der Waals surface area contributed by atoms with Crippen molar-refractivity contribution in [2.75, 3.05) is 65.7 Å². The lowest BCUT2D eigenvalue weighted by Crippen LogP contribution is -2.45. The van der Waals surface area contributed by atoms with E-state index in [1.54, 1.807) is 36.2 Å². The van der Waals surface area contributed by atoms with Crippen molar-refractivity contribution in [1.82, 2.24) is 31.1 Å². The number of amides is 6. The molecule has 44 heavy (non-hydrogen) atoms. The Morgan fingerprint density at radius 3 is 2.00 bits per heavy atom. The van der Waals surface area contributed by atoms with Crippen LogP contribution in [0.5, 0.6) is 0 Å². The van der Waals surface area contributed by atoms with E-state index in [1.165, 1.54) is 6.92 Å². The van der Waals surface area contributed by atoms with Crippen molar-refractivity contribution in [3.63, 3.8) is 0 Å². The summed E-state index contributed by atoms with van der Waals surface area (Å²) in [5, 5.41) is 13.5. The van der Waals surface area contributed by atoms with E-state index >= 15 is 0 Å². The van der Waals surface area contributed by atoms with Gasteiger partial charge in [0.15, 0.2) is 0 Å². The maximum Gasteiger partial charge on any atom is 0.409 e. The van der Waals surface area contributed by atoms with Crippen molar-refractivity contribution < 1.29 is 28.7 Å². The standard InChI is InChI=1S/C14H21N3O3.C12H23N3O2.C4H10N2O/c1-16(2)8-9-17(3)14(19)20-10-12-4-6-13(7-5-12)15-11-18;1-5-13-12(17)11(8-9(2)3)15-7-6-14-10(4)16;1-2-3-6-4(5)7/h4-7,11H,8-10H2,1-3H3,(H,15,18);8,11,15H,5-7H2,1-4H3,(H,13,17)(H,14,16);2-3H2,1H3,(H3,5,6,7). The molecule has 6 amide bonds. The van der Waals surface area contributed by atoms with Gasteiger partial charge in [0, 0.05) is 58.9 Å². The monoisotopic (exact) mass is 622 g/mol. The first kappa shape index (κ1) is 42.0. The first-order valence-electron chi connectivity index (χ1n) is 14.5. The van der Waals surface area contributed by atoms with Crippen LogP contribution in [-0.2, 0) is 25.7 Å². The topological polar surface area (TPSA) is 187 Å². The number of hydrogen-bond acceptors (Lipinski definition) is 8. The predicted molar refractivity (Wildman–Crippen MR) is 174 cm³/mol. The van der Waals surface area contributed by atoms with E-state index < -0.39 is 6.03 Å². The lowest BCUT2D eigenvalue weighted by molar-refractivity contribution is -0.122. The highest BCUT2D eigenvalue weighted by molar-refractivity contribution is 5.83. The van der Waals surface area contributed by atoms with Crippen LogP contribution in [0.2, 0.25) is 0 Å². The molecule has 1 unspecified atom stereocenters. The summed E-state index contributed by atoms with van der Waals surface area (Å²) in [4.78, 5) is 57.8. The van der Waals surface area contributed by atoms with E-state index in [1.807, 2.05) is 52.8 Å². The fourth-order valence-corrected chi connectivity index (χ4v) is 3.02. The molecule has 1 aromatic carbocycles. The first-order chi connectivity index (χ1) is 20.8. The molecule has 0 aromatic heterocycles. The van der Waals surface area contributed by atoms with Crippen molar-refractivity contribution in [3.05, 3.63) is 41.5 Å². The molecule has 7 N–H and O–H groups in total. The van der Waals surface area contributed by atoms with Gasteiger partial charge in [0.25, 0.3) is 0 Å². The molecule has 14 heteroatoms. The SMILES string of the molecule is CCCNC(N)=O.CCNC(=O)C(C=C(C)C)NCCNC(C)=O.CN(C)CCN(C)C(=O)OCc1ccc(NC=O)cc1. The minimum Gasteiger partial charge on any atom is -0.445 e. The number of carbonyl (C=O) groups excluding carboxylic acids is 5. The Morgan fingerprint density at radius 2 is 1.55 bits per heavy atom. The second kappa shape index (κ2) is 26.5. The van der Waals surface area contributed by atoms with Crippen LogP contribution in [0.15, 0.2) is 35.9 Å². The minimum atomic E-state index is -0.443. The average molecular weight is 623 g/mol. The number of nitrogens with two attached hydrogens (primary N) is 1. The number of anilines is 1. The molecule has 14 nitrogen and oxygen atoms in total. The lowest BCUT2D eigenvalue weighted by Gasteiger charge is -2.19. The van der Waals surface area contributed by atoms with Crippen molar-refractivity contribution in [3.8, 4) is 0 Å². The fraction of sp³-hybridized carbons (Fsp3) is 0.567. The molecule has 0 bridgehead atoms. The Labute approximate surface area is 262 Å². The quantitative estimate of drug-likeness (QED) is 0.0912. The number of rotatable bonds is 16. The van der Waals surface area contributed by atoms with Crippen LogP contribution in [0.4, 0.5) is 15.3 Å². The summed E-state index contributed by atoms with van der Waals surface area (Å²) in [6.45, 7) is 13.2. The second-order valence-electron chi connectivity index (χ2n) is 10.1. The van der Waals surface area contributed by atoms with Gasteiger partial charge in [-0.1, -0.05) is 30.7 Å². The fourth-order valence-electron chi connectivity index (χ4n) is 3.02. The van der Waals surface area contributed by atoms with Gasteiger partial charge in [0.05, 0.1) is 0 Å². The highest BCUT2D eigenvalue weighted by Crippen LogP contribution is 2.10. The Morgan fingerprint density at radius 1 is 0.909 bits per heavy atom. The molecule has 0 saturated carbocycles. The zero-order chi connectivity index (χ0) is 33.9. The summed E-state index contributed by atoms with van der Waals surface area (Å²) in [7, 11) is 5.62. The van der Waals surface area contributed by atoms with Gasteiger partial charge in [-0.05, 0) is 59.0 Å². The lowest BCUT2D eigenvalue weighted by atomic mass is 10.2. The Hall–Kier alpha value is -4.17. The molecular formula is C30H54N8O6. The largest absolute Gasteiger partial charge is 0.445 e. The van der Waals surface area contributed by atoms with Crippen molar-refractivity contribution >= 4 is 36.0 Å². The van der Waals surface area contributed by atoms with Gasteiger partial charge in [0.2, 0.25) is 18.2 Å². The molecule has 0 aliphatic rings. The molecule has 0 saturated heterocycles. The van der Waals surface area contributed by atoms with E-state index in [9.17, 15) is 24.0 Å². The van der Waals surface area contributed by atoms with Crippen LogP contribution in [-0.4, -0.2) is 107 Å². The van der Waals surface area contributed by atoms with Crippen LogP contribution >= 0.6 is 0 Å². The summed E-state index contributed by atoms with van der Waals surface area (Å²) < 4.78 is 5.20. The number of allylic oxidation sites excluding steroid dienone is 1. The highest BCUT2D eigenvalue weighted by atomic mass is 16.6. The molecule has 0 aliphatic carbocycles. The molecule has 0 spiro atoms. The van der Waals surface area contributed by atoms with Gasteiger partial charge in [-0.3, -0.25) is 14.4 Å². The van der Waals surface area contributed by atoms with Crippen molar-refractivity contribution in [2.24, 2.45) is 5.73 Å². The van der Waals surface area contributed by atoms with E-state index in [2.05, 4.69) is 26.6 Å². The molecule has 0 heterocycles. The number of hydrogen-bond donors (Lipinski definition) is 6. The smallest absolute Gasteiger partial charge is 0.409 e. The molecule has 0 aliphatic heterocycles. The Balaban J connectivity index is 0. The van der Waals surface area contributed by atoms with Gasteiger partial charge in [-0.15, -0.1) is 0 Å². The summed E-state index contributed by atoms with van der Waals surface area (Å²) in [6.07, 6.45) is 3.08. The summed E-state index contributed by atoms with van der Waals surface area (Å²) in [5.41, 5.74) is 7.38. The molecule has 1 aromatic rings. The van der Waals surface area contributed by atoms with Gasteiger partial charge in [0.1, 0.15) is 12.6 Å². The van der Waals surface area contributed by atoms with Crippen LogP contribution in [0.1, 0.15) is 46.6 Å². The molecule has 0 radical (unpaired) electrons. The van der Waals surface area contributed by atoms with Gasteiger partial charge >= 0.3 is 12.1 Å². The number of benzene rings is 1. The van der Waals surface area contributed by atoms with E-state index in [-0.39, 0.29) is 30.6 Å². The number of nitrogens with zero attached hydrogens (tertiary/aromatic N) is 2. The summed E-state index contributed by atoms with van der Waals surface area (Å²) in [5.74, 6) is -0.111. The number of likely N-dealkylation sites (N-methyl/N-ethyl adjacent to an activating group) is 3. The van der Waals surface area contributed by atoms with Crippen molar-refractivity contribution in [2.45, 2.75) is 53.7 Å². The third kappa shape index (κ3) is 25.5. The number of urea groups is 1. The third-order valence-electron chi connectivity index (χ3n) is 5.28. The van der Waals surface area contributed by atoms with E-state index in [4.69, 9.17) is 10.5 Å². The number of primary amides is 1. The number of ether oxygens (including phenoxy) is 1. The molecular weight excluding hydrogens is 568 g/mol. The van der Waals surface area contributed by atoms with Gasteiger partial charge in [-0.2, -0.15) is 0 Å². The normalized spacial score (nSPS) is 10.4. The summed E-state index contributed by atoms with van der Waals surface area (Å²) in [6, 6.07) is 6.34. The number of carbonyl (C=O) groups is 5. The first-order valence-corrected chi connectivity index (χ1v) is 14.5. The Kier molecular flexibility index (Phi) is 25.2. The number of nitrogens with one attached hydrogen (secondary N) is 5. The zero-order valence-corrected chi connectivity index (χ0v) is 27.6. The molecule has 1 atom stereocenters. The van der Waals surface area contributed by atoms with Crippen LogP contribution in [0.25, 0.3) is 0 Å². The van der Waals surface area contributed by atoms with Crippen LogP contribution in [0, 0.1) is 0 Å². The maximum atomic E-state index is 11.7. The molecule has 0 fully saturated rings. The minimum absolute atomic E-state index is 0.0449. The average Bonchev–Trinajstić information content (AvgIpc) is 2.96.